The molecule has 13 saturated heterocycles. The fourth-order valence-electron chi connectivity index (χ4n) is 15.5. The quantitative estimate of drug-likeness (QED) is 0.0275. The molecule has 13 heterocycles. The molecular formula is C65H106O53. The molecule has 0 bridgehead atoms. The zero-order valence-corrected chi connectivity index (χ0v) is 61.9. The summed E-state index contributed by atoms with van der Waals surface area (Å²) in [6.45, 7) is -9.48. The smallest absolute Gasteiger partial charge is 0.187 e. The van der Waals surface area contributed by atoms with Crippen LogP contribution < -0.4 is 0 Å². The van der Waals surface area contributed by atoms with Crippen LogP contribution in [0.5, 0.6) is 0 Å². The second kappa shape index (κ2) is 40.5. The summed E-state index contributed by atoms with van der Waals surface area (Å²) >= 11 is 0. The van der Waals surface area contributed by atoms with Gasteiger partial charge in [0.25, 0.3) is 0 Å². The second-order valence-corrected chi connectivity index (χ2v) is 30.4. The summed E-state index contributed by atoms with van der Waals surface area (Å²) < 4.78 is 143. The molecular weight excluding hydrogens is 1630 g/mol. The number of rotatable bonds is 37. The highest BCUT2D eigenvalue weighted by molar-refractivity contribution is 5.01. The lowest BCUT2D eigenvalue weighted by molar-refractivity contribution is -0.237. The van der Waals surface area contributed by atoms with E-state index in [2.05, 4.69) is 0 Å². The normalized spacial score (nSPS) is 53.5. The van der Waals surface area contributed by atoms with E-state index in [4.69, 9.17) is 118 Å². The summed E-state index contributed by atoms with van der Waals surface area (Å²) in [5.74, 6) is 0. The van der Waals surface area contributed by atoms with Crippen LogP contribution in [0.4, 0.5) is 0 Å². The largest absolute Gasteiger partial charge is 0.394 e. The Kier molecular flexibility index (Phi) is 32.1. The van der Waals surface area contributed by atoms with Gasteiger partial charge in [0.1, 0.15) is 238 Å². The lowest BCUT2D eigenvalue weighted by Gasteiger charge is -2.27. The average molecular weight is 1740 g/mol. The van der Waals surface area contributed by atoms with E-state index in [1.165, 1.54) is 0 Å². The van der Waals surface area contributed by atoms with Crippen molar-refractivity contribution < 1.29 is 261 Å². The van der Waals surface area contributed by atoms with Crippen molar-refractivity contribution in [3.05, 3.63) is 0 Å². The highest BCUT2D eigenvalue weighted by Gasteiger charge is 2.60. The molecule has 1 unspecified atom stereocenters. The Balaban J connectivity index is 0.626. The van der Waals surface area contributed by atoms with Gasteiger partial charge in [-0.2, -0.15) is 0 Å². The maximum atomic E-state index is 11.8. The van der Waals surface area contributed by atoms with Gasteiger partial charge in [-0.25, -0.2) is 0 Å². The molecule has 28 N–H and O–H groups in total. The van der Waals surface area contributed by atoms with Crippen LogP contribution in [0.25, 0.3) is 0 Å². The van der Waals surface area contributed by atoms with Crippen LogP contribution in [-0.4, -0.2) is 549 Å². The third-order valence-corrected chi connectivity index (χ3v) is 22.5. The molecule has 13 fully saturated rings. The van der Waals surface area contributed by atoms with Gasteiger partial charge in [-0.3, -0.25) is 0 Å². The van der Waals surface area contributed by atoms with E-state index in [-0.39, 0.29) is 0 Å². The molecule has 0 saturated carbocycles. The monoisotopic (exact) mass is 1730 g/mol. The maximum Gasteiger partial charge on any atom is 0.187 e. The average Bonchev–Trinajstić information content (AvgIpc) is 1.64. The van der Waals surface area contributed by atoms with E-state index in [1.54, 1.807) is 0 Å². The van der Waals surface area contributed by atoms with Gasteiger partial charge in [-0.05, 0) is 0 Å². The molecule has 13 aliphatic rings. The summed E-state index contributed by atoms with van der Waals surface area (Å²) in [6.07, 6.45) is -87.2. The van der Waals surface area contributed by atoms with Crippen LogP contribution in [-0.2, 0) is 118 Å². The first kappa shape index (κ1) is 93.5. The molecule has 0 amide bonds. The van der Waals surface area contributed by atoms with Crippen LogP contribution in [0.1, 0.15) is 0 Å². The molecule has 0 aliphatic carbocycles. The van der Waals surface area contributed by atoms with E-state index < -0.39 is 406 Å². The van der Waals surface area contributed by atoms with Gasteiger partial charge in [-0.1, -0.05) is 0 Å². The fraction of sp³-hybridized carbons (Fsp3) is 1.00. The Hall–Kier alpha value is -2.12. The van der Waals surface area contributed by atoms with Crippen molar-refractivity contribution >= 4 is 0 Å². The zero-order chi connectivity index (χ0) is 84.9. The first-order valence-electron chi connectivity index (χ1n) is 38.0. The van der Waals surface area contributed by atoms with Crippen LogP contribution in [0.3, 0.4) is 0 Å². The van der Waals surface area contributed by atoms with Crippen LogP contribution in [0, 0.1) is 0 Å². The lowest BCUT2D eigenvalue weighted by Crippen LogP contribution is -2.46. The Morgan fingerprint density at radius 3 is 0.525 bits per heavy atom. The van der Waals surface area contributed by atoms with E-state index >= 15 is 0 Å². The second-order valence-electron chi connectivity index (χ2n) is 30.4. The van der Waals surface area contributed by atoms with Crippen molar-refractivity contribution in [3.63, 3.8) is 0 Å². The van der Waals surface area contributed by atoms with Crippen molar-refractivity contribution in [2.75, 3.05) is 85.9 Å². The van der Waals surface area contributed by atoms with Crippen molar-refractivity contribution in [2.45, 2.75) is 320 Å². The molecule has 13 aliphatic heterocycles. The third-order valence-electron chi connectivity index (χ3n) is 22.5. The highest BCUT2D eigenvalue weighted by Crippen LogP contribution is 2.40. The minimum atomic E-state index is -1.96. The summed E-state index contributed by atoms with van der Waals surface area (Å²) in [4.78, 5) is 0. The third kappa shape index (κ3) is 19.6. The topological polar surface area (TPSA) is 797 Å². The number of ether oxygens (including phenoxy) is 25. The number of hydrogen-bond acceptors (Lipinski definition) is 53. The number of hydrogen-bond donors (Lipinski definition) is 28. The summed E-state index contributed by atoms with van der Waals surface area (Å²) in [5, 5.41) is 298. The molecule has 684 valence electrons. The standard InChI is InChI=1S/C65H106O53/c66-1-14-27(71)37(81)54(103-14)95-7-20-32(76)39(83)56(109-20)99-11-24-50(116-63-43(87)29(73)16(3-68)105-63)45(89)59(112-24)96-9-22-34(78)40(84)57(110-22)100-12-25-51(117-64-44(88)30(74)17(4-69)106-64)46(90)60(113-25)97-10-23-35(79)41(85)58(111-23)101-13-26-52(118-65-48(92)49(18(5-70)107-65)115-62-42(86)28(72)15(2-67)104-62)47(91)61(114-26)98-8-21-33(77)38(82)55(108-21)94-6-19-31(75)36(80)53(93)102-19/h14-93H,1-13H2/t14-,15-,16-,17-,18-,19-,20-,21-,22-,23-,24-,25-,26-,27-,28-,29-,30-,31-,32-,33-,34-,35-,36+,37+,38+,39+,40+,41+,42+,43+,44+,45+,46+,47+,48+,49-,50-,51-,52-,53?,54-,55+,56+,57+,58+,59+,60+,61+,62-,63-,64-,65-/m0/s1. The molecule has 0 aromatic rings. The SMILES string of the molecule is OC[C@@H]1O[C@@H](O[C@@H]2[C@@H](O)[C@H](OC[C@@H]3O[C@@H](OC[C@@H]4O[C@@H](OC[C@@H]5O[C@@H](OC[C@@H]6O[C@@H](OC[C@@H]7O[C@@H](OC[C@@H]8OC(O)[C@H](O)[C@H]8O)[C@H](O)[C@H]7O)[C@H](O)[C@H]6O[C@@H]6O[C@@H](CO)[C@H](O[C@@H]7O[C@@H](CO)[C@H](O)[C@H]7O)[C@H]6O)[C@H](O)[C@H]5O)[C@H](O)[C@H]4O[C@@H]4O[C@@H](CO)[C@H](O)[C@H]4O)[C@H](O)[C@H]3O)O[C@H]2CO[C@@H]2O[C@@H](CO[C@H]3O[C@@H](CO)[C@H](O)[C@H]3O)[C@H](O)[C@H]2O)[C@H](O)[C@H]1O. The lowest BCUT2D eigenvalue weighted by atomic mass is 10.1. The van der Waals surface area contributed by atoms with Gasteiger partial charge in [0, 0.05) is 0 Å². The Morgan fingerprint density at radius 1 is 0.144 bits per heavy atom. The molecule has 53 heteroatoms. The van der Waals surface area contributed by atoms with E-state index in [0.717, 1.165) is 0 Å². The van der Waals surface area contributed by atoms with Gasteiger partial charge in [0.2, 0.25) is 0 Å². The molecule has 118 heavy (non-hydrogen) atoms. The first-order valence-corrected chi connectivity index (χ1v) is 38.0. The predicted molar refractivity (Wildman–Crippen MR) is 349 cm³/mol. The predicted octanol–water partition coefficient (Wildman–Crippen LogP) is -21.0. The van der Waals surface area contributed by atoms with Crippen molar-refractivity contribution in [1.82, 2.24) is 0 Å². The summed E-state index contributed by atoms with van der Waals surface area (Å²) in [7, 11) is 0. The van der Waals surface area contributed by atoms with Gasteiger partial charge < -0.3 is 261 Å². The van der Waals surface area contributed by atoms with Gasteiger partial charge in [0.15, 0.2) is 81.8 Å². The van der Waals surface area contributed by atoms with Crippen LogP contribution >= 0.6 is 0 Å². The Bertz CT molecular complexity index is 3070. The van der Waals surface area contributed by atoms with Crippen LogP contribution in [0.2, 0.25) is 0 Å². The molecule has 0 radical (unpaired) electrons. The Morgan fingerprint density at radius 2 is 0.297 bits per heavy atom. The first-order chi connectivity index (χ1) is 56.3. The van der Waals surface area contributed by atoms with Crippen molar-refractivity contribution in [1.29, 1.82) is 0 Å². The molecule has 52 atom stereocenters. The summed E-state index contributed by atoms with van der Waals surface area (Å²) in [6, 6.07) is 0. The molecule has 53 nitrogen and oxygen atoms in total. The zero-order valence-electron chi connectivity index (χ0n) is 61.9. The number of aliphatic hydroxyl groups excluding tert-OH is 28. The van der Waals surface area contributed by atoms with Gasteiger partial charge in [0.05, 0.1) is 85.9 Å². The van der Waals surface area contributed by atoms with Gasteiger partial charge in [-0.15, -0.1) is 0 Å². The Labute approximate surface area is 665 Å². The maximum absolute atomic E-state index is 11.8. The molecule has 0 spiro atoms. The fourth-order valence-corrected chi connectivity index (χ4v) is 15.5. The van der Waals surface area contributed by atoms with E-state index in [1.807, 2.05) is 0 Å². The minimum Gasteiger partial charge on any atom is -0.394 e. The van der Waals surface area contributed by atoms with E-state index in [0.29, 0.717) is 0 Å². The van der Waals surface area contributed by atoms with Crippen molar-refractivity contribution in [2.24, 2.45) is 0 Å². The molecule has 0 aromatic heterocycles. The number of aliphatic hydroxyl groups is 28. The van der Waals surface area contributed by atoms with E-state index in [9.17, 15) is 143 Å². The van der Waals surface area contributed by atoms with Crippen molar-refractivity contribution in [3.8, 4) is 0 Å². The van der Waals surface area contributed by atoms with Gasteiger partial charge >= 0.3 is 0 Å². The van der Waals surface area contributed by atoms with Crippen LogP contribution in [0.15, 0.2) is 0 Å². The molecule has 13 rings (SSSR count). The highest BCUT2D eigenvalue weighted by atomic mass is 16.8. The minimum absolute atomic E-state index is 0.554. The summed E-state index contributed by atoms with van der Waals surface area (Å²) in [5.41, 5.74) is 0. The molecule has 0 aromatic carbocycles.